The highest BCUT2D eigenvalue weighted by Gasteiger charge is 2.25. The van der Waals surface area contributed by atoms with Crippen LogP contribution in [-0.4, -0.2) is 87.6 Å². The molecule has 1 saturated heterocycles. The van der Waals surface area contributed by atoms with Crippen LogP contribution in [0.2, 0.25) is 25.7 Å². The minimum atomic E-state index is -2.96. The molecule has 0 bridgehead atoms. The number of carbonyl (C=O) groups is 1. The number of likely N-dealkylation sites (tertiary alicyclic amines) is 1. The van der Waals surface area contributed by atoms with Crippen molar-refractivity contribution >= 4 is 36.0 Å². The van der Waals surface area contributed by atoms with Gasteiger partial charge in [-0.3, -0.25) is 9.48 Å². The van der Waals surface area contributed by atoms with Gasteiger partial charge in [0.25, 0.3) is 5.91 Å². The molecule has 3 aromatic heterocycles. The molecule has 11 nitrogen and oxygen atoms in total. The number of hydrogen-bond donors (Lipinski definition) is 2. The molecule has 0 saturated carbocycles. The van der Waals surface area contributed by atoms with Gasteiger partial charge in [-0.2, -0.15) is 13.9 Å². The molecule has 0 aliphatic carbocycles. The zero-order valence-electron chi connectivity index (χ0n) is 26.9. The molecular formula is C31H44F2N8O3Si. The number of fused-ring (bicyclic) bond motifs is 2. The Kier molecular flexibility index (Phi) is 9.59. The quantitative estimate of drug-likeness (QED) is 0.156. The number of aromatic nitrogens is 5. The summed E-state index contributed by atoms with van der Waals surface area (Å²) in [5, 5.41) is 8.48. The number of ether oxygens (including phenoxy) is 2. The molecule has 1 aliphatic rings. The average Bonchev–Trinajstić information content (AvgIpc) is 3.46. The predicted molar refractivity (Wildman–Crippen MR) is 173 cm³/mol. The highest BCUT2D eigenvalue weighted by molar-refractivity contribution is 6.76. The number of halogens is 2. The van der Waals surface area contributed by atoms with Gasteiger partial charge in [0.2, 0.25) is 0 Å². The lowest BCUT2D eigenvalue weighted by atomic mass is 10.1. The molecule has 0 radical (unpaired) electrons. The lowest BCUT2D eigenvalue weighted by molar-refractivity contribution is -0.0497. The van der Waals surface area contributed by atoms with Gasteiger partial charge in [-0.05, 0) is 51.4 Å². The van der Waals surface area contributed by atoms with E-state index in [1.165, 1.54) is 6.07 Å². The van der Waals surface area contributed by atoms with Crippen molar-refractivity contribution in [2.24, 2.45) is 5.73 Å². The minimum absolute atomic E-state index is 0.0220. The van der Waals surface area contributed by atoms with Crippen molar-refractivity contribution in [3.05, 3.63) is 36.2 Å². The first-order valence-electron chi connectivity index (χ1n) is 15.4. The van der Waals surface area contributed by atoms with Gasteiger partial charge >= 0.3 is 6.61 Å². The number of hydrogen-bond acceptors (Lipinski definition) is 8. The zero-order valence-corrected chi connectivity index (χ0v) is 27.9. The van der Waals surface area contributed by atoms with Crippen LogP contribution in [0.15, 0.2) is 30.6 Å². The van der Waals surface area contributed by atoms with E-state index in [-0.39, 0.29) is 24.4 Å². The molecule has 0 spiro atoms. The number of benzene rings is 1. The number of nitrogens with zero attached hydrogens (tertiary/aromatic N) is 6. The smallest absolute Gasteiger partial charge is 0.387 e. The first-order valence-corrected chi connectivity index (χ1v) is 19.1. The molecule has 1 aliphatic heterocycles. The first-order chi connectivity index (χ1) is 21.2. The Hall–Kier alpha value is -3.46. The number of aryl methyl sites for hydroxylation is 1. The third kappa shape index (κ3) is 8.23. The molecule has 1 amide bonds. The lowest BCUT2D eigenvalue weighted by Gasteiger charge is -2.36. The van der Waals surface area contributed by atoms with E-state index in [0.29, 0.717) is 46.7 Å². The normalized spacial score (nSPS) is 14.9. The molecule has 244 valence electrons. The molecule has 0 atom stereocenters. The van der Waals surface area contributed by atoms with Gasteiger partial charge in [-0.1, -0.05) is 19.6 Å². The van der Waals surface area contributed by atoms with E-state index in [9.17, 15) is 13.6 Å². The second-order valence-electron chi connectivity index (χ2n) is 14.0. The van der Waals surface area contributed by atoms with Crippen molar-refractivity contribution in [3.8, 4) is 17.1 Å². The Bertz CT molecular complexity index is 1650. The van der Waals surface area contributed by atoms with Gasteiger partial charge < -0.3 is 30.0 Å². The van der Waals surface area contributed by atoms with E-state index in [1.54, 1.807) is 29.1 Å². The third-order valence-corrected chi connectivity index (χ3v) is 9.25. The van der Waals surface area contributed by atoms with Crippen molar-refractivity contribution < 1.29 is 23.0 Å². The topological polar surface area (TPSA) is 125 Å². The number of nitrogens with two attached hydrogens (primary N) is 1. The van der Waals surface area contributed by atoms with Crippen LogP contribution in [0.1, 0.15) is 37.6 Å². The molecule has 5 rings (SSSR count). The van der Waals surface area contributed by atoms with Gasteiger partial charge in [0.15, 0.2) is 5.65 Å². The molecule has 14 heteroatoms. The van der Waals surface area contributed by atoms with E-state index in [4.69, 9.17) is 30.3 Å². The maximum absolute atomic E-state index is 13.4. The summed E-state index contributed by atoms with van der Waals surface area (Å²) >= 11 is 0. The standard InChI is InChI=1S/C31H44F2N8O3Si/c1-31(2,3)37-29(42)23-18-40(19-43-12-13-45(4,5)6)28-27(23)36-24(15-35-28)26-22-14-21(44-30(32)33)8-9-25(22)41(38-26)11-7-10-39-16-20(34)17-39/h8-9,14-15,18,20,30H,7,10-13,16-17,19,34H2,1-6H3,(H,37,42). The number of carbonyl (C=O) groups excluding carboxylic acids is 1. The van der Waals surface area contributed by atoms with E-state index >= 15 is 0 Å². The Morgan fingerprint density at radius 3 is 2.62 bits per heavy atom. The van der Waals surface area contributed by atoms with Crippen LogP contribution in [0, 0.1) is 0 Å². The van der Waals surface area contributed by atoms with Gasteiger partial charge in [-0.15, -0.1) is 0 Å². The van der Waals surface area contributed by atoms with Crippen LogP contribution < -0.4 is 15.8 Å². The van der Waals surface area contributed by atoms with Crippen molar-refractivity contribution in [1.29, 1.82) is 0 Å². The summed E-state index contributed by atoms with van der Waals surface area (Å²) in [6, 6.07) is 6.03. The molecule has 0 unspecified atom stereocenters. The highest BCUT2D eigenvalue weighted by Crippen LogP contribution is 2.32. The van der Waals surface area contributed by atoms with E-state index in [0.717, 1.165) is 37.6 Å². The van der Waals surface area contributed by atoms with Crippen LogP contribution in [-0.2, 0) is 18.0 Å². The Morgan fingerprint density at radius 1 is 1.20 bits per heavy atom. The Morgan fingerprint density at radius 2 is 1.96 bits per heavy atom. The Balaban J connectivity index is 1.52. The van der Waals surface area contributed by atoms with Crippen LogP contribution in [0.4, 0.5) is 8.78 Å². The maximum atomic E-state index is 13.4. The highest BCUT2D eigenvalue weighted by atomic mass is 28.3. The van der Waals surface area contributed by atoms with E-state index in [2.05, 4.69) is 29.9 Å². The largest absolute Gasteiger partial charge is 0.435 e. The van der Waals surface area contributed by atoms with Gasteiger partial charge in [0, 0.05) is 64.0 Å². The van der Waals surface area contributed by atoms with Crippen molar-refractivity contribution in [1.82, 2.24) is 34.5 Å². The molecule has 3 N–H and O–H groups in total. The van der Waals surface area contributed by atoms with Crippen molar-refractivity contribution in [2.75, 3.05) is 26.2 Å². The summed E-state index contributed by atoms with van der Waals surface area (Å²) < 4.78 is 40.6. The van der Waals surface area contributed by atoms with Crippen LogP contribution >= 0.6 is 0 Å². The summed E-state index contributed by atoms with van der Waals surface area (Å²) in [5.74, 6) is -0.262. The summed E-state index contributed by atoms with van der Waals surface area (Å²) in [4.78, 5) is 25.3. The fraction of sp³-hybridized carbons (Fsp3) is 0.548. The van der Waals surface area contributed by atoms with Crippen molar-refractivity contribution in [3.63, 3.8) is 0 Å². The Labute approximate surface area is 263 Å². The summed E-state index contributed by atoms with van der Waals surface area (Å²) in [6.07, 6.45) is 4.15. The fourth-order valence-electron chi connectivity index (χ4n) is 5.31. The van der Waals surface area contributed by atoms with Crippen LogP contribution in [0.25, 0.3) is 33.5 Å². The fourth-order valence-corrected chi connectivity index (χ4v) is 6.07. The van der Waals surface area contributed by atoms with E-state index < -0.39 is 20.2 Å². The third-order valence-electron chi connectivity index (χ3n) is 7.54. The van der Waals surface area contributed by atoms with Gasteiger partial charge in [0.1, 0.15) is 29.4 Å². The van der Waals surface area contributed by atoms with Crippen LogP contribution in [0.3, 0.4) is 0 Å². The molecule has 4 aromatic rings. The number of amides is 1. The second-order valence-corrected chi connectivity index (χ2v) is 19.6. The monoisotopic (exact) mass is 642 g/mol. The molecule has 1 aromatic carbocycles. The van der Waals surface area contributed by atoms with Crippen molar-refractivity contribution in [2.45, 2.75) is 84.3 Å². The maximum Gasteiger partial charge on any atom is 0.387 e. The zero-order chi connectivity index (χ0) is 32.5. The van der Waals surface area contributed by atoms with Gasteiger partial charge in [0.05, 0.1) is 17.3 Å². The summed E-state index contributed by atoms with van der Waals surface area (Å²) in [5.41, 5.74) is 8.35. The summed E-state index contributed by atoms with van der Waals surface area (Å²) in [6.45, 7) is 13.7. The molecule has 4 heterocycles. The minimum Gasteiger partial charge on any atom is -0.435 e. The first kappa shape index (κ1) is 32.9. The van der Waals surface area contributed by atoms with E-state index in [1.807, 2.05) is 25.5 Å². The number of nitrogens with one attached hydrogen (secondary N) is 1. The second kappa shape index (κ2) is 13.1. The SMILES string of the molecule is CC(C)(C)NC(=O)c1cn(COCC[Si](C)(C)C)c2ncc(-c3nn(CCCN4CC(N)C4)c4ccc(OC(F)F)cc34)nc12. The van der Waals surface area contributed by atoms with Gasteiger partial charge in [-0.25, -0.2) is 9.97 Å². The summed E-state index contributed by atoms with van der Waals surface area (Å²) in [7, 11) is -1.28. The predicted octanol–water partition coefficient (Wildman–Crippen LogP) is 4.92. The number of rotatable bonds is 13. The van der Waals surface area contributed by atoms with Crippen LogP contribution in [0.5, 0.6) is 5.75 Å². The number of alkyl halides is 2. The molecule has 45 heavy (non-hydrogen) atoms. The average molecular weight is 643 g/mol. The molecule has 1 fully saturated rings. The molecular weight excluding hydrogens is 598 g/mol. The lowest BCUT2D eigenvalue weighted by Crippen LogP contribution is -2.55.